The fraction of sp³-hybridized carbons (Fsp3) is 0.857. The van der Waals surface area contributed by atoms with Gasteiger partial charge in [-0.25, -0.2) is 0 Å². The van der Waals surface area contributed by atoms with E-state index in [-0.39, 0.29) is 0 Å². The van der Waals surface area contributed by atoms with E-state index in [4.69, 9.17) is 0 Å². The Bertz CT molecular complexity index is 140. The van der Waals surface area contributed by atoms with Gasteiger partial charge in [-0.1, -0.05) is 0 Å². The van der Waals surface area contributed by atoms with Gasteiger partial charge in [0.1, 0.15) is 0 Å². The van der Waals surface area contributed by atoms with Gasteiger partial charge < -0.3 is 5.32 Å². The molecule has 1 aliphatic carbocycles. The Labute approximate surface area is 55.4 Å². The minimum atomic E-state index is 0.666. The second kappa shape index (κ2) is 2.10. The van der Waals surface area contributed by atoms with Crippen LogP contribution >= 0.6 is 0 Å². The third-order valence-electron chi connectivity index (χ3n) is 2.15. The Balaban J connectivity index is 2.16. The highest BCUT2D eigenvalue weighted by Crippen LogP contribution is 2.17. The molecule has 0 bridgehead atoms. The molecular formula is C7H12N2. The smallest absolute Gasteiger partial charge is 0.0514 e. The Morgan fingerprint density at radius 1 is 1.56 bits per heavy atom. The summed E-state index contributed by atoms with van der Waals surface area (Å²) in [6.07, 6.45) is 3.91. The first kappa shape index (κ1) is 5.42. The number of aliphatic imine (C=N–C) groups is 1. The molecule has 0 aromatic heterocycles. The highest BCUT2D eigenvalue weighted by atomic mass is 15.0. The van der Waals surface area contributed by atoms with Crippen LogP contribution in [0.2, 0.25) is 0 Å². The molecule has 0 amide bonds. The standard InChI is InChI=1S/C7H12N2/c1-2-6-7(3-1)9-5-4-8-6/h6,8H,1-5H2. The lowest BCUT2D eigenvalue weighted by Gasteiger charge is -2.17. The summed E-state index contributed by atoms with van der Waals surface area (Å²) < 4.78 is 0. The summed E-state index contributed by atoms with van der Waals surface area (Å²) in [7, 11) is 0. The molecule has 2 rings (SSSR count). The maximum absolute atomic E-state index is 4.45. The molecule has 0 spiro atoms. The maximum Gasteiger partial charge on any atom is 0.0514 e. The first-order valence-electron chi connectivity index (χ1n) is 3.73. The van der Waals surface area contributed by atoms with Crippen LogP contribution < -0.4 is 5.32 Å². The zero-order valence-corrected chi connectivity index (χ0v) is 5.56. The second-order valence-corrected chi connectivity index (χ2v) is 2.77. The van der Waals surface area contributed by atoms with Crippen LogP contribution in [0.25, 0.3) is 0 Å². The zero-order valence-electron chi connectivity index (χ0n) is 5.56. The van der Waals surface area contributed by atoms with Crippen LogP contribution in [0.5, 0.6) is 0 Å². The van der Waals surface area contributed by atoms with Crippen molar-refractivity contribution < 1.29 is 0 Å². The summed E-state index contributed by atoms with van der Waals surface area (Å²) in [5, 5.41) is 3.45. The van der Waals surface area contributed by atoms with E-state index in [0.717, 1.165) is 13.1 Å². The Kier molecular flexibility index (Phi) is 1.27. The molecule has 2 aliphatic rings. The van der Waals surface area contributed by atoms with E-state index in [1.54, 1.807) is 0 Å². The molecule has 2 heteroatoms. The molecule has 1 heterocycles. The van der Waals surface area contributed by atoms with Crippen LogP contribution in [0.3, 0.4) is 0 Å². The van der Waals surface area contributed by atoms with Crippen LogP contribution in [-0.4, -0.2) is 24.8 Å². The van der Waals surface area contributed by atoms with Crippen molar-refractivity contribution in [3.63, 3.8) is 0 Å². The molecule has 1 atom stereocenters. The summed E-state index contributed by atoms with van der Waals surface area (Å²) in [6, 6.07) is 0.666. The highest BCUT2D eigenvalue weighted by molar-refractivity contribution is 5.91. The molecule has 0 aromatic carbocycles. The van der Waals surface area contributed by atoms with Gasteiger partial charge in [0.2, 0.25) is 0 Å². The summed E-state index contributed by atoms with van der Waals surface area (Å²) in [5.74, 6) is 0. The molecule has 1 aliphatic heterocycles. The minimum absolute atomic E-state index is 0.666. The molecule has 1 unspecified atom stereocenters. The monoisotopic (exact) mass is 124 g/mol. The van der Waals surface area contributed by atoms with Crippen molar-refractivity contribution in [1.29, 1.82) is 0 Å². The summed E-state index contributed by atoms with van der Waals surface area (Å²) >= 11 is 0. The van der Waals surface area contributed by atoms with E-state index < -0.39 is 0 Å². The van der Waals surface area contributed by atoms with Gasteiger partial charge in [-0.15, -0.1) is 0 Å². The maximum atomic E-state index is 4.45. The van der Waals surface area contributed by atoms with E-state index in [1.165, 1.54) is 25.0 Å². The SMILES string of the molecule is C1CC2=NCCNC2C1. The molecule has 1 N–H and O–H groups in total. The number of fused-ring (bicyclic) bond motifs is 1. The predicted octanol–water partition coefficient (Wildman–Crippen LogP) is 0.583. The van der Waals surface area contributed by atoms with Crippen molar-refractivity contribution in [2.75, 3.05) is 13.1 Å². The minimum Gasteiger partial charge on any atom is -0.307 e. The van der Waals surface area contributed by atoms with Crippen LogP contribution in [0.4, 0.5) is 0 Å². The van der Waals surface area contributed by atoms with Crippen molar-refractivity contribution in [1.82, 2.24) is 5.32 Å². The summed E-state index contributed by atoms with van der Waals surface area (Å²) in [4.78, 5) is 4.45. The lowest BCUT2D eigenvalue weighted by molar-refractivity contribution is 0.592. The van der Waals surface area contributed by atoms with Crippen LogP contribution in [0, 0.1) is 0 Å². The normalized spacial score (nSPS) is 33.8. The fourth-order valence-electron chi connectivity index (χ4n) is 1.68. The van der Waals surface area contributed by atoms with E-state index in [1.807, 2.05) is 0 Å². The number of rotatable bonds is 0. The highest BCUT2D eigenvalue weighted by Gasteiger charge is 2.23. The van der Waals surface area contributed by atoms with E-state index in [9.17, 15) is 0 Å². The van der Waals surface area contributed by atoms with Gasteiger partial charge in [-0.3, -0.25) is 4.99 Å². The van der Waals surface area contributed by atoms with E-state index in [0.29, 0.717) is 6.04 Å². The number of nitrogens with one attached hydrogen (secondary N) is 1. The first-order chi connectivity index (χ1) is 4.47. The average Bonchev–Trinajstić information content (AvgIpc) is 2.33. The number of hydrogen-bond acceptors (Lipinski definition) is 2. The third kappa shape index (κ3) is 0.874. The van der Waals surface area contributed by atoms with Crippen molar-refractivity contribution in [2.24, 2.45) is 4.99 Å². The van der Waals surface area contributed by atoms with Crippen molar-refractivity contribution in [3.8, 4) is 0 Å². The molecule has 1 fully saturated rings. The van der Waals surface area contributed by atoms with Crippen molar-refractivity contribution in [2.45, 2.75) is 25.3 Å². The Hall–Kier alpha value is -0.370. The average molecular weight is 124 g/mol. The molecule has 0 radical (unpaired) electrons. The largest absolute Gasteiger partial charge is 0.307 e. The zero-order chi connectivity index (χ0) is 6.10. The number of hydrogen-bond donors (Lipinski definition) is 1. The molecule has 2 nitrogen and oxygen atoms in total. The molecule has 0 saturated heterocycles. The van der Waals surface area contributed by atoms with Crippen molar-refractivity contribution >= 4 is 5.71 Å². The second-order valence-electron chi connectivity index (χ2n) is 2.77. The molecule has 9 heavy (non-hydrogen) atoms. The summed E-state index contributed by atoms with van der Waals surface area (Å²) in [5.41, 5.74) is 1.43. The topological polar surface area (TPSA) is 24.4 Å². The molecule has 0 aromatic rings. The third-order valence-corrected chi connectivity index (χ3v) is 2.15. The number of nitrogens with zero attached hydrogens (tertiary/aromatic N) is 1. The van der Waals surface area contributed by atoms with Gasteiger partial charge in [-0.05, 0) is 19.3 Å². The van der Waals surface area contributed by atoms with Gasteiger partial charge in [0.15, 0.2) is 0 Å². The van der Waals surface area contributed by atoms with Gasteiger partial charge in [0.05, 0.1) is 6.54 Å². The van der Waals surface area contributed by atoms with Gasteiger partial charge in [0, 0.05) is 18.3 Å². The van der Waals surface area contributed by atoms with E-state index in [2.05, 4.69) is 10.3 Å². The first-order valence-corrected chi connectivity index (χ1v) is 3.73. The Morgan fingerprint density at radius 2 is 2.56 bits per heavy atom. The molecule has 1 saturated carbocycles. The van der Waals surface area contributed by atoms with Crippen LogP contribution in [0.1, 0.15) is 19.3 Å². The lowest BCUT2D eigenvalue weighted by atomic mass is 10.2. The van der Waals surface area contributed by atoms with Gasteiger partial charge in [-0.2, -0.15) is 0 Å². The van der Waals surface area contributed by atoms with Gasteiger partial charge >= 0.3 is 0 Å². The van der Waals surface area contributed by atoms with Crippen molar-refractivity contribution in [3.05, 3.63) is 0 Å². The van der Waals surface area contributed by atoms with Gasteiger partial charge in [0.25, 0.3) is 0 Å². The fourth-order valence-corrected chi connectivity index (χ4v) is 1.68. The van der Waals surface area contributed by atoms with Crippen LogP contribution in [0.15, 0.2) is 4.99 Å². The van der Waals surface area contributed by atoms with Crippen LogP contribution in [-0.2, 0) is 0 Å². The Morgan fingerprint density at radius 3 is 3.44 bits per heavy atom. The molecule has 50 valence electrons. The quantitative estimate of drug-likeness (QED) is 0.502. The molecular weight excluding hydrogens is 112 g/mol. The lowest BCUT2D eigenvalue weighted by Crippen LogP contribution is -2.38. The predicted molar refractivity (Wildman–Crippen MR) is 37.9 cm³/mol. The summed E-state index contributed by atoms with van der Waals surface area (Å²) in [6.45, 7) is 2.10. The van der Waals surface area contributed by atoms with E-state index >= 15 is 0 Å².